The third-order valence-corrected chi connectivity index (χ3v) is 5.73. The van der Waals surface area contributed by atoms with Crippen molar-refractivity contribution in [3.8, 4) is 0 Å². The number of aromatic nitrogens is 1. The van der Waals surface area contributed by atoms with Crippen LogP contribution in [-0.2, 0) is 11.2 Å². The summed E-state index contributed by atoms with van der Waals surface area (Å²) in [6, 6.07) is 16.9. The Morgan fingerprint density at radius 3 is 2.56 bits per heavy atom. The number of aromatic amines is 1. The maximum Gasteiger partial charge on any atom is 0.328 e. The number of para-hydroxylation sites is 1. The zero-order valence-electron chi connectivity index (χ0n) is 14.6. The molecule has 1 saturated heterocycles. The standard InChI is InChI=1S/C21H18ClN3O2/c22-10-11-24-20(26)17-12-15-14-8-4-5-9-16(14)23-18(15)19(25(17)21(24)27)13-6-2-1-3-7-13/h1-9,17,19,23H,10-12H2/t17-,19-/m0/s1. The molecule has 6 heteroatoms. The number of nitrogens with zero attached hydrogens (tertiary/aromatic N) is 2. The number of imide groups is 1. The Labute approximate surface area is 161 Å². The minimum absolute atomic E-state index is 0.155. The molecule has 2 aromatic carbocycles. The zero-order chi connectivity index (χ0) is 18.5. The second kappa shape index (κ2) is 6.13. The first-order valence-corrected chi connectivity index (χ1v) is 9.58. The molecule has 0 radical (unpaired) electrons. The number of benzene rings is 2. The van der Waals surface area contributed by atoms with Gasteiger partial charge in [-0.1, -0.05) is 48.5 Å². The molecule has 1 aromatic heterocycles. The molecule has 2 aliphatic heterocycles. The van der Waals surface area contributed by atoms with Crippen molar-refractivity contribution < 1.29 is 9.59 Å². The number of alkyl halides is 1. The maximum absolute atomic E-state index is 13.1. The second-order valence-electron chi connectivity index (χ2n) is 6.96. The summed E-state index contributed by atoms with van der Waals surface area (Å²) in [5.41, 5.74) is 4.13. The summed E-state index contributed by atoms with van der Waals surface area (Å²) in [4.78, 5) is 32.6. The minimum Gasteiger partial charge on any atom is -0.356 e. The van der Waals surface area contributed by atoms with Crippen molar-refractivity contribution in [1.82, 2.24) is 14.8 Å². The molecular weight excluding hydrogens is 362 g/mol. The average Bonchev–Trinajstić information content (AvgIpc) is 3.18. The summed E-state index contributed by atoms with van der Waals surface area (Å²) >= 11 is 5.84. The highest BCUT2D eigenvalue weighted by molar-refractivity contribution is 6.18. The van der Waals surface area contributed by atoms with Crippen molar-refractivity contribution in [1.29, 1.82) is 0 Å². The Hall–Kier alpha value is -2.79. The quantitative estimate of drug-likeness (QED) is 0.557. The molecule has 0 unspecified atom stereocenters. The normalized spacial score (nSPS) is 21.7. The maximum atomic E-state index is 13.1. The van der Waals surface area contributed by atoms with Crippen LogP contribution in [0.25, 0.3) is 10.9 Å². The van der Waals surface area contributed by atoms with Crippen LogP contribution >= 0.6 is 11.6 Å². The van der Waals surface area contributed by atoms with Crippen LogP contribution in [0, 0.1) is 0 Å². The van der Waals surface area contributed by atoms with Gasteiger partial charge in [-0.05, 0) is 17.2 Å². The van der Waals surface area contributed by atoms with Crippen LogP contribution in [0.5, 0.6) is 0 Å². The Bertz CT molecular complexity index is 1050. The molecule has 2 aliphatic rings. The topological polar surface area (TPSA) is 56.4 Å². The van der Waals surface area contributed by atoms with E-state index in [-0.39, 0.29) is 30.4 Å². The monoisotopic (exact) mass is 379 g/mol. The van der Waals surface area contributed by atoms with Crippen LogP contribution in [0.15, 0.2) is 54.6 Å². The molecule has 0 bridgehead atoms. The smallest absolute Gasteiger partial charge is 0.328 e. The second-order valence-corrected chi connectivity index (χ2v) is 7.34. The third-order valence-electron chi connectivity index (χ3n) is 5.56. The lowest BCUT2D eigenvalue weighted by Crippen LogP contribution is -2.44. The van der Waals surface area contributed by atoms with Crippen LogP contribution in [0.4, 0.5) is 4.79 Å². The number of urea groups is 1. The SMILES string of the molecule is O=C1[C@@H]2Cc3c([nH]c4ccccc34)[C@H](c3ccccc3)N2C(=O)N1CCCl. The van der Waals surface area contributed by atoms with Crippen LogP contribution in [0.3, 0.4) is 0 Å². The number of carbonyl (C=O) groups excluding carboxylic acids is 2. The molecule has 1 fully saturated rings. The summed E-state index contributed by atoms with van der Waals surface area (Å²) in [6.45, 7) is 0.239. The number of carbonyl (C=O) groups is 2. The van der Waals surface area contributed by atoms with E-state index in [0.29, 0.717) is 6.42 Å². The Morgan fingerprint density at radius 1 is 1.04 bits per heavy atom. The molecule has 0 spiro atoms. The van der Waals surface area contributed by atoms with Crippen LogP contribution in [0.2, 0.25) is 0 Å². The van der Waals surface area contributed by atoms with Gasteiger partial charge in [0, 0.05) is 35.4 Å². The van der Waals surface area contributed by atoms with Gasteiger partial charge in [-0.2, -0.15) is 0 Å². The van der Waals surface area contributed by atoms with Crippen LogP contribution < -0.4 is 0 Å². The molecule has 0 aliphatic carbocycles. The lowest BCUT2D eigenvalue weighted by Gasteiger charge is -2.36. The van der Waals surface area contributed by atoms with Gasteiger partial charge >= 0.3 is 6.03 Å². The molecular formula is C21H18ClN3O2. The average molecular weight is 380 g/mol. The molecule has 1 N–H and O–H groups in total. The number of nitrogens with one attached hydrogen (secondary N) is 1. The van der Waals surface area contributed by atoms with E-state index < -0.39 is 6.04 Å². The number of hydrogen-bond donors (Lipinski definition) is 1. The van der Waals surface area contributed by atoms with Crippen molar-refractivity contribution in [3.63, 3.8) is 0 Å². The number of amides is 3. The van der Waals surface area contributed by atoms with E-state index >= 15 is 0 Å². The lowest BCUT2D eigenvalue weighted by atomic mass is 9.89. The fraction of sp³-hybridized carbons (Fsp3) is 0.238. The van der Waals surface area contributed by atoms with E-state index in [1.54, 1.807) is 4.90 Å². The molecule has 3 amide bonds. The number of rotatable bonds is 3. The van der Waals surface area contributed by atoms with E-state index in [4.69, 9.17) is 11.6 Å². The first-order valence-electron chi connectivity index (χ1n) is 9.04. The van der Waals surface area contributed by atoms with Gasteiger partial charge in [0.1, 0.15) is 12.1 Å². The molecule has 0 saturated carbocycles. The largest absolute Gasteiger partial charge is 0.356 e. The van der Waals surface area contributed by atoms with E-state index in [2.05, 4.69) is 11.1 Å². The molecule has 3 heterocycles. The lowest BCUT2D eigenvalue weighted by molar-refractivity contribution is -0.128. The minimum atomic E-state index is -0.488. The van der Waals surface area contributed by atoms with Gasteiger partial charge in [0.25, 0.3) is 5.91 Å². The van der Waals surface area contributed by atoms with E-state index in [1.165, 1.54) is 4.90 Å². The molecule has 136 valence electrons. The van der Waals surface area contributed by atoms with Gasteiger partial charge in [-0.25, -0.2) is 4.79 Å². The number of halogens is 1. The van der Waals surface area contributed by atoms with Gasteiger partial charge in [-0.15, -0.1) is 11.6 Å². The molecule has 27 heavy (non-hydrogen) atoms. The van der Waals surface area contributed by atoms with Gasteiger partial charge in [-0.3, -0.25) is 14.6 Å². The van der Waals surface area contributed by atoms with Crippen molar-refractivity contribution in [3.05, 3.63) is 71.4 Å². The number of fused-ring (bicyclic) bond motifs is 4. The highest BCUT2D eigenvalue weighted by Gasteiger charge is 2.52. The van der Waals surface area contributed by atoms with Crippen molar-refractivity contribution >= 4 is 34.4 Å². The predicted molar refractivity (Wildman–Crippen MR) is 104 cm³/mol. The van der Waals surface area contributed by atoms with Gasteiger partial charge < -0.3 is 4.98 Å². The Kier molecular flexibility index (Phi) is 3.72. The Balaban J connectivity index is 1.73. The van der Waals surface area contributed by atoms with Gasteiger partial charge in [0.15, 0.2) is 0 Å². The van der Waals surface area contributed by atoms with Gasteiger partial charge in [0.05, 0.1) is 0 Å². The van der Waals surface area contributed by atoms with E-state index in [9.17, 15) is 9.59 Å². The molecule has 5 nitrogen and oxygen atoms in total. The summed E-state index contributed by atoms with van der Waals surface area (Å²) in [5, 5.41) is 1.11. The predicted octanol–water partition coefficient (Wildman–Crippen LogP) is 3.69. The Morgan fingerprint density at radius 2 is 1.78 bits per heavy atom. The van der Waals surface area contributed by atoms with Crippen molar-refractivity contribution in [2.24, 2.45) is 0 Å². The highest BCUT2D eigenvalue weighted by atomic mass is 35.5. The summed E-state index contributed by atoms with van der Waals surface area (Å²) in [7, 11) is 0. The number of H-pyrrole nitrogens is 1. The van der Waals surface area contributed by atoms with E-state index in [0.717, 1.165) is 27.7 Å². The molecule has 2 atom stereocenters. The molecule has 3 aromatic rings. The van der Waals surface area contributed by atoms with Crippen LogP contribution in [-0.4, -0.2) is 45.2 Å². The summed E-state index contributed by atoms with van der Waals surface area (Å²) < 4.78 is 0. The summed E-state index contributed by atoms with van der Waals surface area (Å²) in [5.74, 6) is 0.0833. The van der Waals surface area contributed by atoms with Crippen molar-refractivity contribution in [2.45, 2.75) is 18.5 Å². The summed E-state index contributed by atoms with van der Waals surface area (Å²) in [6.07, 6.45) is 0.520. The number of hydrogen-bond acceptors (Lipinski definition) is 2. The third kappa shape index (κ3) is 2.31. The van der Waals surface area contributed by atoms with E-state index in [1.807, 2.05) is 48.5 Å². The zero-order valence-corrected chi connectivity index (χ0v) is 15.3. The van der Waals surface area contributed by atoms with Crippen LogP contribution in [0.1, 0.15) is 22.9 Å². The first kappa shape index (κ1) is 16.4. The molecule has 5 rings (SSSR count). The van der Waals surface area contributed by atoms with Crippen molar-refractivity contribution in [2.75, 3.05) is 12.4 Å². The highest BCUT2D eigenvalue weighted by Crippen LogP contribution is 2.43. The van der Waals surface area contributed by atoms with Gasteiger partial charge in [0.2, 0.25) is 0 Å². The fourth-order valence-corrected chi connectivity index (χ4v) is 4.57. The fourth-order valence-electron chi connectivity index (χ4n) is 4.40. The first-order chi connectivity index (χ1) is 13.2.